The molecular weight excluding hydrogens is 237 g/mol. The maximum atomic E-state index is 12.8. The molecule has 1 rings (SSSR count). The number of nitrogens with zero attached hydrogens (tertiary/aromatic N) is 1. The Hall–Kier alpha value is -1.91. The molecule has 1 atom stereocenters. The number of halogens is 1. The first kappa shape index (κ1) is 14.2. The van der Waals surface area contributed by atoms with Gasteiger partial charge in [-0.1, -0.05) is 12.1 Å². The van der Waals surface area contributed by atoms with E-state index in [4.69, 9.17) is 5.11 Å². The van der Waals surface area contributed by atoms with Crippen molar-refractivity contribution in [3.05, 3.63) is 35.6 Å². The van der Waals surface area contributed by atoms with Gasteiger partial charge < -0.3 is 10.0 Å². The van der Waals surface area contributed by atoms with Gasteiger partial charge in [-0.05, 0) is 31.5 Å². The Morgan fingerprint density at radius 1 is 1.33 bits per heavy atom. The number of amides is 1. The topological polar surface area (TPSA) is 57.6 Å². The van der Waals surface area contributed by atoms with Gasteiger partial charge in [-0.2, -0.15) is 0 Å². The lowest BCUT2D eigenvalue weighted by Crippen LogP contribution is -2.34. The summed E-state index contributed by atoms with van der Waals surface area (Å²) in [6.07, 6.45) is -0.528. The lowest BCUT2D eigenvalue weighted by molar-refractivity contribution is -0.145. The maximum absolute atomic E-state index is 12.8. The van der Waals surface area contributed by atoms with E-state index in [2.05, 4.69) is 0 Å². The van der Waals surface area contributed by atoms with Crippen LogP contribution in [0.3, 0.4) is 0 Å². The van der Waals surface area contributed by atoms with Crippen molar-refractivity contribution >= 4 is 11.9 Å². The third kappa shape index (κ3) is 3.55. The van der Waals surface area contributed by atoms with Crippen LogP contribution in [0.1, 0.15) is 31.9 Å². The van der Waals surface area contributed by atoms with Crippen LogP contribution in [-0.2, 0) is 9.59 Å². The number of benzene rings is 1. The van der Waals surface area contributed by atoms with Crippen molar-refractivity contribution < 1.29 is 19.1 Å². The molecule has 0 spiro atoms. The molecule has 1 aromatic rings. The molecule has 0 aromatic heterocycles. The molecule has 0 aliphatic rings. The van der Waals surface area contributed by atoms with Gasteiger partial charge in [-0.15, -0.1) is 0 Å². The van der Waals surface area contributed by atoms with E-state index in [1.54, 1.807) is 26.0 Å². The predicted molar refractivity (Wildman–Crippen MR) is 64.5 cm³/mol. The number of rotatable bonds is 5. The summed E-state index contributed by atoms with van der Waals surface area (Å²) in [5.41, 5.74) is 0.775. The normalized spacial score (nSPS) is 11.9. The van der Waals surface area contributed by atoms with Gasteiger partial charge >= 0.3 is 5.97 Å². The number of hydrogen-bond donors (Lipinski definition) is 1. The average Bonchev–Trinajstić information content (AvgIpc) is 2.29. The molecule has 0 saturated carbocycles. The van der Waals surface area contributed by atoms with E-state index >= 15 is 0 Å². The average molecular weight is 253 g/mol. The van der Waals surface area contributed by atoms with Crippen LogP contribution in [0.15, 0.2) is 24.3 Å². The molecule has 4 nitrogen and oxygen atoms in total. The Morgan fingerprint density at radius 2 is 1.89 bits per heavy atom. The van der Waals surface area contributed by atoms with Crippen molar-refractivity contribution in [2.75, 3.05) is 6.54 Å². The Morgan fingerprint density at radius 3 is 2.33 bits per heavy atom. The van der Waals surface area contributed by atoms with Crippen LogP contribution in [0, 0.1) is 5.82 Å². The molecule has 0 saturated heterocycles. The van der Waals surface area contributed by atoms with Gasteiger partial charge in [-0.25, -0.2) is 4.39 Å². The van der Waals surface area contributed by atoms with Crippen LogP contribution in [-0.4, -0.2) is 28.4 Å². The monoisotopic (exact) mass is 253 g/mol. The van der Waals surface area contributed by atoms with E-state index < -0.39 is 18.3 Å². The zero-order valence-corrected chi connectivity index (χ0v) is 10.4. The Bertz CT molecular complexity index is 430. The fourth-order valence-electron chi connectivity index (χ4n) is 1.82. The highest BCUT2D eigenvalue weighted by Crippen LogP contribution is 2.21. The van der Waals surface area contributed by atoms with Crippen LogP contribution >= 0.6 is 0 Å². The van der Waals surface area contributed by atoms with Crippen molar-refractivity contribution in [2.24, 2.45) is 0 Å². The number of carboxylic acids is 1. The van der Waals surface area contributed by atoms with E-state index in [0.29, 0.717) is 6.54 Å². The second kappa shape index (κ2) is 6.14. The third-order valence-corrected chi connectivity index (χ3v) is 2.78. The molecule has 0 radical (unpaired) electrons. The van der Waals surface area contributed by atoms with Crippen molar-refractivity contribution in [1.29, 1.82) is 0 Å². The number of hydrogen-bond acceptors (Lipinski definition) is 2. The van der Waals surface area contributed by atoms with Crippen molar-refractivity contribution in [3.8, 4) is 0 Å². The second-order valence-electron chi connectivity index (χ2n) is 3.98. The van der Waals surface area contributed by atoms with Gasteiger partial charge in [0.1, 0.15) is 12.2 Å². The molecule has 1 aromatic carbocycles. The van der Waals surface area contributed by atoms with E-state index in [1.807, 2.05) is 0 Å². The molecule has 0 heterocycles. The summed E-state index contributed by atoms with van der Waals surface area (Å²) in [6.45, 7) is 3.97. The van der Waals surface area contributed by atoms with Crippen molar-refractivity contribution in [3.63, 3.8) is 0 Å². The third-order valence-electron chi connectivity index (χ3n) is 2.78. The van der Waals surface area contributed by atoms with Crippen LogP contribution in [0.5, 0.6) is 0 Å². The van der Waals surface area contributed by atoms with Crippen LogP contribution < -0.4 is 0 Å². The van der Waals surface area contributed by atoms with Gasteiger partial charge in [0.15, 0.2) is 0 Å². The Kier molecular flexibility index (Phi) is 4.83. The smallest absolute Gasteiger partial charge is 0.312 e. The minimum absolute atomic E-state index is 0.276. The zero-order valence-electron chi connectivity index (χ0n) is 10.4. The SMILES string of the molecule is CCN(C(=O)CC(=O)O)C(C)c1ccc(F)cc1. The number of carbonyl (C=O) groups excluding carboxylic acids is 1. The molecule has 0 aliphatic heterocycles. The largest absolute Gasteiger partial charge is 0.481 e. The second-order valence-corrected chi connectivity index (χ2v) is 3.98. The molecular formula is C13H16FNO3. The molecule has 98 valence electrons. The quantitative estimate of drug-likeness (QED) is 0.818. The van der Waals surface area contributed by atoms with E-state index in [9.17, 15) is 14.0 Å². The summed E-state index contributed by atoms with van der Waals surface area (Å²) in [4.78, 5) is 23.7. The van der Waals surface area contributed by atoms with E-state index in [0.717, 1.165) is 5.56 Å². The van der Waals surface area contributed by atoms with Gasteiger partial charge in [0.2, 0.25) is 5.91 Å². The number of aliphatic carboxylic acids is 1. The zero-order chi connectivity index (χ0) is 13.7. The van der Waals surface area contributed by atoms with Crippen molar-refractivity contribution in [1.82, 2.24) is 4.90 Å². The minimum atomic E-state index is -1.15. The van der Waals surface area contributed by atoms with Gasteiger partial charge in [-0.3, -0.25) is 9.59 Å². The van der Waals surface area contributed by atoms with Gasteiger partial charge in [0.05, 0.1) is 6.04 Å². The Balaban J connectivity index is 2.84. The van der Waals surface area contributed by atoms with Crippen LogP contribution in [0.25, 0.3) is 0 Å². The molecule has 1 N–H and O–H groups in total. The lowest BCUT2D eigenvalue weighted by Gasteiger charge is -2.28. The van der Waals surface area contributed by atoms with E-state index in [1.165, 1.54) is 17.0 Å². The first-order chi connectivity index (χ1) is 8.45. The fourth-order valence-corrected chi connectivity index (χ4v) is 1.82. The predicted octanol–water partition coefficient (Wildman–Crippen LogP) is 2.21. The number of carbonyl (C=O) groups is 2. The van der Waals surface area contributed by atoms with Gasteiger partial charge in [0, 0.05) is 6.54 Å². The first-order valence-electron chi connectivity index (χ1n) is 5.72. The molecule has 5 heteroatoms. The van der Waals surface area contributed by atoms with Crippen LogP contribution in [0.4, 0.5) is 4.39 Å². The summed E-state index contributed by atoms with van der Waals surface area (Å²) >= 11 is 0. The highest BCUT2D eigenvalue weighted by Gasteiger charge is 2.21. The first-order valence-corrected chi connectivity index (χ1v) is 5.72. The molecule has 18 heavy (non-hydrogen) atoms. The molecule has 1 unspecified atom stereocenters. The lowest BCUT2D eigenvalue weighted by atomic mass is 10.1. The number of carboxylic acid groups (broad SMARTS) is 1. The summed E-state index contributed by atoms with van der Waals surface area (Å²) in [5, 5.41) is 8.62. The van der Waals surface area contributed by atoms with Crippen molar-refractivity contribution in [2.45, 2.75) is 26.3 Å². The Labute approximate surface area is 105 Å². The van der Waals surface area contributed by atoms with Gasteiger partial charge in [0.25, 0.3) is 0 Å². The van der Waals surface area contributed by atoms with Crippen LogP contribution in [0.2, 0.25) is 0 Å². The summed E-state index contributed by atoms with van der Waals surface area (Å²) in [6, 6.07) is 5.55. The molecule has 0 fully saturated rings. The standard InChI is InChI=1S/C13H16FNO3/c1-3-15(12(16)8-13(17)18)9(2)10-4-6-11(14)7-5-10/h4-7,9H,3,8H2,1-2H3,(H,17,18). The fraction of sp³-hybridized carbons (Fsp3) is 0.385. The highest BCUT2D eigenvalue weighted by atomic mass is 19.1. The summed E-state index contributed by atoms with van der Waals surface area (Å²) in [7, 11) is 0. The summed E-state index contributed by atoms with van der Waals surface area (Å²) < 4.78 is 12.8. The molecule has 1 amide bonds. The molecule has 0 aliphatic carbocycles. The van der Waals surface area contributed by atoms with E-state index in [-0.39, 0.29) is 11.9 Å². The maximum Gasteiger partial charge on any atom is 0.312 e. The summed E-state index contributed by atoms with van der Waals surface area (Å²) in [5.74, 6) is -1.93. The molecule has 0 bridgehead atoms. The highest BCUT2D eigenvalue weighted by molar-refractivity contribution is 5.93. The minimum Gasteiger partial charge on any atom is -0.481 e.